The van der Waals surface area contributed by atoms with Gasteiger partial charge >= 0.3 is 0 Å². The minimum absolute atomic E-state index is 0.0293. The van der Waals surface area contributed by atoms with Crippen molar-refractivity contribution in [2.75, 3.05) is 13.2 Å². The normalized spacial score (nSPS) is 35.8. The summed E-state index contributed by atoms with van der Waals surface area (Å²) in [6.07, 6.45) is -16.3. The Morgan fingerprint density at radius 2 is 1.23 bits per heavy atom. The van der Waals surface area contributed by atoms with Crippen LogP contribution in [0.5, 0.6) is 28.7 Å². The summed E-state index contributed by atoms with van der Waals surface area (Å²) >= 11 is 0. The van der Waals surface area contributed by atoms with Crippen LogP contribution in [0.25, 0.3) is 6.08 Å². The van der Waals surface area contributed by atoms with Crippen molar-refractivity contribution in [3.8, 4) is 28.7 Å². The summed E-state index contributed by atoms with van der Waals surface area (Å²) in [7, 11) is 0. The van der Waals surface area contributed by atoms with E-state index in [1.165, 1.54) is 24.3 Å². The molecule has 1 unspecified atom stereocenters. The molecule has 0 bridgehead atoms. The van der Waals surface area contributed by atoms with E-state index in [0.29, 0.717) is 0 Å². The summed E-state index contributed by atoms with van der Waals surface area (Å²) in [6.45, 7) is -1.45. The number of aromatic hydroxyl groups is 3. The van der Waals surface area contributed by atoms with Crippen molar-refractivity contribution in [2.45, 2.75) is 67.5 Å². The van der Waals surface area contributed by atoms with Crippen LogP contribution < -0.4 is 9.47 Å². The van der Waals surface area contributed by atoms with Crippen LogP contribution in [-0.2, 0) is 14.2 Å². The van der Waals surface area contributed by atoms with Gasteiger partial charge in [0.15, 0.2) is 17.6 Å². The summed E-state index contributed by atoms with van der Waals surface area (Å²) < 4.78 is 28.6. The average molecular weight is 613 g/mol. The molecule has 0 amide bonds. The van der Waals surface area contributed by atoms with E-state index in [-0.39, 0.29) is 34.1 Å². The summed E-state index contributed by atoms with van der Waals surface area (Å²) in [5.41, 5.74) is 0.269. The topological polar surface area (TPSA) is 269 Å². The first kappa shape index (κ1) is 31.0. The molecule has 3 aliphatic rings. The summed E-state index contributed by atoms with van der Waals surface area (Å²) in [6, 6.07) is 6.01. The molecule has 16 nitrogen and oxygen atoms in total. The Balaban J connectivity index is 1.54. The number of ether oxygens (including phenoxy) is 5. The zero-order chi connectivity index (χ0) is 31.2. The number of benzene rings is 2. The van der Waals surface area contributed by atoms with E-state index in [4.69, 9.17) is 23.7 Å². The van der Waals surface area contributed by atoms with Gasteiger partial charge in [0.25, 0.3) is 0 Å². The Bertz CT molecular complexity index is 1330. The third-order valence-electron chi connectivity index (χ3n) is 7.37. The maximum Gasteiger partial charge on any atom is 0.229 e. The standard InChI is InChI=1S/C27H32O16/c28-7-17-19(33)21(35)23(37)26(42-17)40-15-5-10(30)4-14-11(15)6-16(25(39-14)9-1-2-12(31)13(32)3-9)41-27-24(38)22(36)20(34)18(8-29)43-27/h1-6,17-38H,7-8H2/t17-,18-,19-,20-,21+,22+,23-,24-,25?,26+,27+/m1/s1. The molecular formula is C27H32O16. The monoisotopic (exact) mass is 612 g/mol. The van der Waals surface area contributed by atoms with Gasteiger partial charge in [-0.2, -0.15) is 0 Å². The fraction of sp³-hybridized carbons (Fsp3) is 0.481. The Morgan fingerprint density at radius 3 is 1.79 bits per heavy atom. The van der Waals surface area contributed by atoms with Crippen molar-refractivity contribution >= 4 is 6.08 Å². The molecule has 11 atom stereocenters. The van der Waals surface area contributed by atoms with E-state index in [0.717, 1.165) is 12.1 Å². The molecule has 236 valence electrons. The zero-order valence-corrected chi connectivity index (χ0v) is 22.2. The first-order valence-electron chi connectivity index (χ1n) is 13.1. The number of fused-ring (bicyclic) bond motifs is 1. The predicted molar refractivity (Wildman–Crippen MR) is 138 cm³/mol. The third kappa shape index (κ3) is 5.89. The Hall–Kier alpha value is -3.42. The average Bonchev–Trinajstić information content (AvgIpc) is 2.98. The molecule has 2 fully saturated rings. The lowest BCUT2D eigenvalue weighted by molar-refractivity contribution is -0.293. The van der Waals surface area contributed by atoms with Crippen LogP contribution in [0.4, 0.5) is 0 Å². The van der Waals surface area contributed by atoms with Crippen LogP contribution >= 0.6 is 0 Å². The van der Waals surface area contributed by atoms with Crippen LogP contribution in [0.1, 0.15) is 17.2 Å². The Kier molecular flexibility index (Phi) is 8.87. The molecule has 3 aliphatic heterocycles. The van der Waals surface area contributed by atoms with Gasteiger partial charge in [-0.1, -0.05) is 6.07 Å². The second-order valence-electron chi connectivity index (χ2n) is 10.3. The molecule has 0 aliphatic carbocycles. The highest BCUT2D eigenvalue weighted by Gasteiger charge is 2.47. The minimum Gasteiger partial charge on any atom is -0.508 e. The van der Waals surface area contributed by atoms with Crippen LogP contribution in [0, 0.1) is 0 Å². The van der Waals surface area contributed by atoms with Crippen molar-refractivity contribution in [3.63, 3.8) is 0 Å². The highest BCUT2D eigenvalue weighted by atomic mass is 16.7. The molecule has 3 heterocycles. The summed E-state index contributed by atoms with van der Waals surface area (Å²) in [5, 5.41) is 111. The molecular weight excluding hydrogens is 580 g/mol. The molecule has 2 saturated heterocycles. The lowest BCUT2D eigenvalue weighted by Gasteiger charge is -2.41. The van der Waals surface area contributed by atoms with E-state index < -0.39 is 92.2 Å². The lowest BCUT2D eigenvalue weighted by atomic mass is 9.98. The number of aliphatic hydroxyl groups is 8. The number of phenolic OH excluding ortho intramolecular Hbond substituents is 3. The molecule has 2 aromatic carbocycles. The van der Waals surface area contributed by atoms with Crippen LogP contribution in [0.15, 0.2) is 36.1 Å². The van der Waals surface area contributed by atoms with Gasteiger partial charge in [-0.25, -0.2) is 0 Å². The van der Waals surface area contributed by atoms with Crippen molar-refractivity contribution in [1.29, 1.82) is 0 Å². The molecule has 0 spiro atoms. The maximum absolute atomic E-state index is 10.6. The number of aliphatic hydroxyl groups excluding tert-OH is 8. The van der Waals surface area contributed by atoms with E-state index in [9.17, 15) is 56.2 Å². The van der Waals surface area contributed by atoms with E-state index >= 15 is 0 Å². The molecule has 11 N–H and O–H groups in total. The third-order valence-corrected chi connectivity index (χ3v) is 7.37. The van der Waals surface area contributed by atoms with Gasteiger partial charge in [0.05, 0.1) is 18.8 Å². The first-order chi connectivity index (χ1) is 20.4. The Labute approximate surface area is 243 Å². The van der Waals surface area contributed by atoms with Gasteiger partial charge in [-0.15, -0.1) is 0 Å². The number of hydrogen-bond acceptors (Lipinski definition) is 16. The zero-order valence-electron chi connectivity index (χ0n) is 22.2. The van der Waals surface area contributed by atoms with Crippen LogP contribution in [-0.4, -0.2) is 131 Å². The molecule has 16 heteroatoms. The number of rotatable bonds is 7. The molecule has 0 aromatic heterocycles. The molecule has 0 saturated carbocycles. The van der Waals surface area contributed by atoms with Crippen molar-refractivity contribution in [1.82, 2.24) is 0 Å². The molecule has 5 rings (SSSR count). The van der Waals surface area contributed by atoms with Gasteiger partial charge in [-0.3, -0.25) is 0 Å². The second kappa shape index (κ2) is 12.3. The number of hydrogen-bond donors (Lipinski definition) is 11. The second-order valence-corrected chi connectivity index (χ2v) is 10.3. The highest BCUT2D eigenvalue weighted by Crippen LogP contribution is 2.46. The van der Waals surface area contributed by atoms with E-state index in [2.05, 4.69) is 0 Å². The van der Waals surface area contributed by atoms with Crippen LogP contribution in [0.3, 0.4) is 0 Å². The SMILES string of the molecule is OC[C@H]1O[C@H](OC2=Cc3c(cc(O)cc3O[C@H]3O[C@H](CO)[C@@H](O)[C@H](O)[C@H]3O)OC2c2ccc(O)c(O)c2)[C@H](O)[C@@H](O)[C@@H]1O. The summed E-state index contributed by atoms with van der Waals surface area (Å²) in [5.74, 6) is -1.70. The summed E-state index contributed by atoms with van der Waals surface area (Å²) in [4.78, 5) is 0. The fourth-order valence-electron chi connectivity index (χ4n) is 4.95. The maximum atomic E-state index is 10.6. The van der Waals surface area contributed by atoms with E-state index in [1.54, 1.807) is 0 Å². The van der Waals surface area contributed by atoms with Crippen LogP contribution in [0.2, 0.25) is 0 Å². The van der Waals surface area contributed by atoms with E-state index in [1.807, 2.05) is 0 Å². The molecule has 0 radical (unpaired) electrons. The highest BCUT2D eigenvalue weighted by molar-refractivity contribution is 5.70. The quantitative estimate of drug-likeness (QED) is 0.142. The number of phenols is 3. The van der Waals surface area contributed by atoms with Crippen molar-refractivity contribution < 1.29 is 79.9 Å². The molecule has 2 aromatic rings. The van der Waals surface area contributed by atoms with Gasteiger partial charge < -0.3 is 79.9 Å². The van der Waals surface area contributed by atoms with Gasteiger partial charge in [-0.05, 0) is 18.2 Å². The predicted octanol–water partition coefficient (Wildman–Crippen LogP) is -2.73. The van der Waals surface area contributed by atoms with Crippen molar-refractivity contribution in [2.24, 2.45) is 0 Å². The first-order valence-corrected chi connectivity index (χ1v) is 13.1. The smallest absolute Gasteiger partial charge is 0.229 e. The van der Waals surface area contributed by atoms with Gasteiger partial charge in [0, 0.05) is 17.7 Å². The van der Waals surface area contributed by atoms with Gasteiger partial charge in [0.2, 0.25) is 12.6 Å². The van der Waals surface area contributed by atoms with Gasteiger partial charge in [0.1, 0.15) is 71.8 Å². The minimum atomic E-state index is -1.81. The Morgan fingerprint density at radius 1 is 0.651 bits per heavy atom. The lowest BCUT2D eigenvalue weighted by Crippen LogP contribution is -2.60. The largest absolute Gasteiger partial charge is 0.508 e. The molecule has 43 heavy (non-hydrogen) atoms. The van der Waals surface area contributed by atoms with Crippen molar-refractivity contribution in [3.05, 3.63) is 47.2 Å². The fourth-order valence-corrected chi connectivity index (χ4v) is 4.95.